The zero-order valence-corrected chi connectivity index (χ0v) is 21.2. The number of amides is 2. The monoisotopic (exact) mass is 518 g/mol. The van der Waals surface area contributed by atoms with Gasteiger partial charge in [-0.25, -0.2) is 4.79 Å². The lowest BCUT2D eigenvalue weighted by Gasteiger charge is -2.62. The highest BCUT2D eigenvalue weighted by atomic mass is 35.5. The standard InChI is InChI=1S/C28H31ClN6O2/c29-21-7-2-1-6-20(21)27(34-16-18-37-19-17-34)11-15-35(26(30)36)28(23-9-4-13-32-23,24-10-5-14-33-24)25(27)22-8-3-12-31-22/h1-10,12-14,25,31-33H,11,15-19H2,(H2,30,36). The number of aromatic nitrogens is 3. The van der Waals surface area contributed by atoms with Crippen molar-refractivity contribution in [2.24, 2.45) is 5.73 Å². The Bertz CT molecular complexity index is 1300. The molecule has 2 amide bonds. The van der Waals surface area contributed by atoms with Crippen LogP contribution in [0.3, 0.4) is 0 Å². The fourth-order valence-corrected chi connectivity index (χ4v) is 7.15. The van der Waals surface area contributed by atoms with Gasteiger partial charge in [0, 0.05) is 60.3 Å². The molecule has 4 aromatic rings. The van der Waals surface area contributed by atoms with Crippen molar-refractivity contribution >= 4 is 17.6 Å². The predicted molar refractivity (Wildman–Crippen MR) is 142 cm³/mol. The molecule has 0 bridgehead atoms. The van der Waals surface area contributed by atoms with Gasteiger partial charge >= 0.3 is 6.03 Å². The quantitative estimate of drug-likeness (QED) is 0.315. The molecule has 2 fully saturated rings. The number of carbonyl (C=O) groups excluding carboxylic acids is 1. The lowest BCUT2D eigenvalue weighted by molar-refractivity contribution is -0.0921. The first-order valence-corrected chi connectivity index (χ1v) is 13.0. The molecule has 2 aliphatic rings. The second kappa shape index (κ2) is 9.45. The third-order valence-electron chi connectivity index (χ3n) is 8.17. The van der Waals surface area contributed by atoms with Crippen LogP contribution in [0.5, 0.6) is 0 Å². The summed E-state index contributed by atoms with van der Waals surface area (Å²) in [5.41, 5.74) is 8.39. The largest absolute Gasteiger partial charge is 0.379 e. The van der Waals surface area contributed by atoms with E-state index in [4.69, 9.17) is 22.1 Å². The average Bonchev–Trinajstić information content (AvgIpc) is 3.72. The highest BCUT2D eigenvalue weighted by Crippen LogP contribution is 2.61. The summed E-state index contributed by atoms with van der Waals surface area (Å²) in [5, 5.41) is 0.699. The van der Waals surface area contributed by atoms with E-state index in [1.165, 1.54) is 0 Å². The molecule has 2 saturated heterocycles. The number of piperidine rings is 1. The van der Waals surface area contributed by atoms with Crippen LogP contribution in [0.2, 0.25) is 5.02 Å². The molecule has 9 heteroatoms. The number of halogens is 1. The van der Waals surface area contributed by atoms with Gasteiger partial charge in [0.1, 0.15) is 5.54 Å². The van der Waals surface area contributed by atoms with Crippen molar-refractivity contribution in [1.29, 1.82) is 0 Å². The highest BCUT2D eigenvalue weighted by Gasteiger charge is 2.65. The molecule has 2 unspecified atom stereocenters. The van der Waals surface area contributed by atoms with Crippen molar-refractivity contribution in [3.63, 3.8) is 0 Å². The first-order chi connectivity index (χ1) is 18.1. The molecule has 5 N–H and O–H groups in total. The number of nitrogens with two attached hydrogens (primary N) is 1. The molecular weight excluding hydrogens is 488 g/mol. The summed E-state index contributed by atoms with van der Waals surface area (Å²) in [5.74, 6) is -0.313. The zero-order valence-electron chi connectivity index (χ0n) is 20.5. The third kappa shape index (κ3) is 3.54. The first kappa shape index (κ1) is 23.9. The minimum atomic E-state index is -0.987. The number of nitrogens with one attached hydrogen (secondary N) is 3. The fourth-order valence-electron chi connectivity index (χ4n) is 6.85. The van der Waals surface area contributed by atoms with E-state index in [1.807, 2.05) is 72.0 Å². The van der Waals surface area contributed by atoms with Crippen molar-refractivity contribution in [1.82, 2.24) is 24.8 Å². The molecule has 37 heavy (non-hydrogen) atoms. The molecule has 0 spiro atoms. The lowest BCUT2D eigenvalue weighted by Crippen LogP contribution is -2.69. The van der Waals surface area contributed by atoms with Gasteiger partial charge in [-0.15, -0.1) is 0 Å². The summed E-state index contributed by atoms with van der Waals surface area (Å²) < 4.78 is 5.80. The van der Waals surface area contributed by atoms with Crippen LogP contribution >= 0.6 is 11.6 Å². The molecular formula is C28H31ClN6O2. The van der Waals surface area contributed by atoms with E-state index in [2.05, 4.69) is 32.0 Å². The number of carbonyl (C=O) groups is 1. The number of nitrogens with zero attached hydrogens (tertiary/aromatic N) is 2. The number of urea groups is 1. The van der Waals surface area contributed by atoms with Crippen LogP contribution in [-0.2, 0) is 15.8 Å². The molecule has 8 nitrogen and oxygen atoms in total. The molecule has 6 rings (SSSR count). The Morgan fingerprint density at radius 2 is 1.54 bits per heavy atom. The van der Waals surface area contributed by atoms with Crippen molar-refractivity contribution in [2.45, 2.75) is 23.4 Å². The van der Waals surface area contributed by atoms with E-state index in [9.17, 15) is 4.79 Å². The van der Waals surface area contributed by atoms with Crippen LogP contribution in [0.1, 0.15) is 35.0 Å². The van der Waals surface area contributed by atoms with Gasteiger partial charge in [-0.1, -0.05) is 29.8 Å². The summed E-state index contributed by atoms with van der Waals surface area (Å²) in [6, 6.07) is 19.7. The molecule has 0 aliphatic carbocycles. The Balaban J connectivity index is 1.75. The fraction of sp³-hybridized carbons (Fsp3) is 0.321. The number of H-pyrrole nitrogens is 3. The van der Waals surface area contributed by atoms with Gasteiger partial charge in [0.25, 0.3) is 0 Å². The van der Waals surface area contributed by atoms with E-state index in [0.29, 0.717) is 31.2 Å². The lowest BCUT2D eigenvalue weighted by atomic mass is 9.58. The van der Waals surface area contributed by atoms with E-state index in [-0.39, 0.29) is 5.92 Å². The van der Waals surface area contributed by atoms with Crippen molar-refractivity contribution < 1.29 is 9.53 Å². The van der Waals surface area contributed by atoms with Crippen LogP contribution in [0, 0.1) is 0 Å². The first-order valence-electron chi connectivity index (χ1n) is 12.7. The van der Waals surface area contributed by atoms with Crippen LogP contribution in [0.15, 0.2) is 79.3 Å². The van der Waals surface area contributed by atoms with Gasteiger partial charge in [-0.3, -0.25) is 4.90 Å². The number of aromatic amines is 3. The van der Waals surface area contributed by atoms with E-state index in [1.54, 1.807) is 0 Å². The second-order valence-corrected chi connectivity index (χ2v) is 10.1. The maximum absolute atomic E-state index is 13.3. The summed E-state index contributed by atoms with van der Waals surface area (Å²) in [6.45, 7) is 3.17. The zero-order chi connectivity index (χ0) is 25.5. The molecule has 2 aliphatic heterocycles. The average molecular weight is 519 g/mol. The molecule has 5 heterocycles. The summed E-state index contributed by atoms with van der Waals surface area (Å²) in [6.07, 6.45) is 6.37. The van der Waals surface area contributed by atoms with Gasteiger partial charge < -0.3 is 30.3 Å². The van der Waals surface area contributed by atoms with E-state index < -0.39 is 17.1 Å². The molecule has 1 aromatic carbocycles. The topological polar surface area (TPSA) is 106 Å². The number of morpholine rings is 1. The Morgan fingerprint density at radius 1 is 0.892 bits per heavy atom. The maximum atomic E-state index is 13.3. The summed E-state index contributed by atoms with van der Waals surface area (Å²) in [7, 11) is 0. The molecule has 192 valence electrons. The number of rotatable bonds is 5. The minimum absolute atomic E-state index is 0.313. The van der Waals surface area contributed by atoms with Crippen LogP contribution in [0.4, 0.5) is 4.79 Å². The highest BCUT2D eigenvalue weighted by molar-refractivity contribution is 6.31. The normalized spacial score (nSPS) is 24.2. The van der Waals surface area contributed by atoms with Gasteiger partial charge in [0.15, 0.2) is 0 Å². The van der Waals surface area contributed by atoms with E-state index >= 15 is 0 Å². The van der Waals surface area contributed by atoms with Gasteiger partial charge in [0.05, 0.1) is 24.7 Å². The number of likely N-dealkylation sites (tertiary alicyclic amines) is 1. The number of hydrogen-bond acceptors (Lipinski definition) is 3. The number of benzene rings is 1. The van der Waals surface area contributed by atoms with Crippen LogP contribution in [0.25, 0.3) is 0 Å². The van der Waals surface area contributed by atoms with Gasteiger partial charge in [0.2, 0.25) is 0 Å². The molecule has 0 saturated carbocycles. The number of ether oxygens (including phenoxy) is 1. The van der Waals surface area contributed by atoms with Crippen molar-refractivity contribution in [3.8, 4) is 0 Å². The Labute approximate surface area is 220 Å². The molecule has 0 radical (unpaired) electrons. The molecule has 2 atom stereocenters. The van der Waals surface area contributed by atoms with Gasteiger partial charge in [-0.05, 0) is 54.4 Å². The third-order valence-corrected chi connectivity index (χ3v) is 8.50. The van der Waals surface area contributed by atoms with Crippen LogP contribution < -0.4 is 5.73 Å². The molecule has 3 aromatic heterocycles. The SMILES string of the molecule is NC(=O)N1CCC(c2ccccc2Cl)(N2CCOCC2)C(c2ccc[nH]2)C1(c1ccc[nH]1)c1ccc[nH]1. The number of primary amides is 1. The summed E-state index contributed by atoms with van der Waals surface area (Å²) in [4.78, 5) is 28.1. The Morgan fingerprint density at radius 3 is 2.11 bits per heavy atom. The van der Waals surface area contributed by atoms with Crippen molar-refractivity contribution in [2.75, 3.05) is 32.8 Å². The van der Waals surface area contributed by atoms with Crippen molar-refractivity contribution in [3.05, 3.63) is 107 Å². The maximum Gasteiger partial charge on any atom is 0.315 e. The second-order valence-electron chi connectivity index (χ2n) is 9.74. The smallest absolute Gasteiger partial charge is 0.315 e. The van der Waals surface area contributed by atoms with Crippen LogP contribution in [-0.4, -0.2) is 63.6 Å². The minimum Gasteiger partial charge on any atom is -0.379 e. The van der Waals surface area contributed by atoms with E-state index in [0.717, 1.165) is 35.7 Å². The predicted octanol–water partition coefficient (Wildman–Crippen LogP) is 4.36. The Kier molecular flexibility index (Phi) is 6.10. The Hall–Kier alpha value is -3.46. The van der Waals surface area contributed by atoms with Gasteiger partial charge in [-0.2, -0.15) is 0 Å². The summed E-state index contributed by atoms with van der Waals surface area (Å²) >= 11 is 7.05. The number of hydrogen-bond donors (Lipinski definition) is 4.